The van der Waals surface area contributed by atoms with E-state index in [-0.39, 0.29) is 0 Å². The minimum absolute atomic E-state index is 0.411. The van der Waals surface area contributed by atoms with Gasteiger partial charge in [0.25, 0.3) is 0 Å². The number of carbonyl (C=O) groups is 1. The van der Waals surface area contributed by atoms with Crippen molar-refractivity contribution < 1.29 is 9.90 Å². The quantitative estimate of drug-likeness (QED) is 0.889. The minimum Gasteiger partial charge on any atom is -0.478 e. The van der Waals surface area contributed by atoms with Crippen LogP contribution in [0.5, 0.6) is 0 Å². The first-order valence-corrected chi connectivity index (χ1v) is 6.66. The normalized spacial score (nSPS) is 16.6. The fraction of sp³-hybridized carbons (Fsp3) is 0.533. The van der Waals surface area contributed by atoms with Crippen LogP contribution in [-0.2, 0) is 0 Å². The molecule has 98 valence electrons. The van der Waals surface area contributed by atoms with Crippen LogP contribution in [0.3, 0.4) is 0 Å². The number of aryl methyl sites for hydroxylation is 1. The van der Waals surface area contributed by atoms with Crippen molar-refractivity contribution in [1.29, 1.82) is 0 Å². The van der Waals surface area contributed by atoms with Gasteiger partial charge in [-0.25, -0.2) is 4.79 Å². The Bertz CT molecular complexity index is 436. The predicted octanol–water partition coefficient (Wildman–Crippen LogP) is 3.46. The van der Waals surface area contributed by atoms with Gasteiger partial charge < -0.3 is 10.0 Å². The lowest BCUT2D eigenvalue weighted by Crippen LogP contribution is -2.34. The highest BCUT2D eigenvalue weighted by Crippen LogP contribution is 2.29. The molecular weight excluding hydrogens is 226 g/mol. The van der Waals surface area contributed by atoms with Gasteiger partial charge in [-0.05, 0) is 37.5 Å². The summed E-state index contributed by atoms with van der Waals surface area (Å²) < 4.78 is 0. The fourth-order valence-electron chi connectivity index (χ4n) is 2.78. The van der Waals surface area contributed by atoms with Gasteiger partial charge in [-0.1, -0.05) is 25.3 Å². The smallest absolute Gasteiger partial charge is 0.337 e. The van der Waals surface area contributed by atoms with Gasteiger partial charge in [0.2, 0.25) is 0 Å². The Hall–Kier alpha value is -1.51. The van der Waals surface area contributed by atoms with E-state index >= 15 is 0 Å². The van der Waals surface area contributed by atoms with E-state index in [1.165, 1.54) is 32.1 Å². The number of nitrogens with zero attached hydrogens (tertiary/aromatic N) is 1. The third kappa shape index (κ3) is 2.66. The Labute approximate surface area is 108 Å². The molecule has 1 saturated carbocycles. The van der Waals surface area contributed by atoms with E-state index in [9.17, 15) is 9.90 Å². The van der Waals surface area contributed by atoms with Crippen molar-refractivity contribution >= 4 is 11.7 Å². The molecule has 0 saturated heterocycles. The van der Waals surface area contributed by atoms with Crippen LogP contribution in [0, 0.1) is 6.92 Å². The molecule has 18 heavy (non-hydrogen) atoms. The second-order valence-corrected chi connectivity index (χ2v) is 5.23. The molecule has 3 nitrogen and oxygen atoms in total. The van der Waals surface area contributed by atoms with Gasteiger partial charge in [0.15, 0.2) is 0 Å². The molecule has 0 radical (unpaired) electrons. The lowest BCUT2D eigenvalue weighted by atomic mass is 9.93. The predicted molar refractivity (Wildman–Crippen MR) is 73.4 cm³/mol. The van der Waals surface area contributed by atoms with Crippen LogP contribution in [-0.4, -0.2) is 24.2 Å². The monoisotopic (exact) mass is 247 g/mol. The molecule has 1 fully saturated rings. The van der Waals surface area contributed by atoms with Crippen molar-refractivity contribution in [2.45, 2.75) is 45.1 Å². The van der Waals surface area contributed by atoms with E-state index in [1.807, 2.05) is 26.1 Å². The molecule has 2 rings (SSSR count). The molecule has 0 atom stereocenters. The maximum absolute atomic E-state index is 11.3. The third-order valence-corrected chi connectivity index (χ3v) is 3.89. The molecule has 0 bridgehead atoms. The van der Waals surface area contributed by atoms with Crippen LogP contribution >= 0.6 is 0 Å². The van der Waals surface area contributed by atoms with Crippen molar-refractivity contribution in [3.63, 3.8) is 0 Å². The summed E-state index contributed by atoms with van der Waals surface area (Å²) in [7, 11) is 2.02. The molecule has 1 aliphatic carbocycles. The first-order chi connectivity index (χ1) is 8.59. The van der Waals surface area contributed by atoms with Gasteiger partial charge >= 0.3 is 5.97 Å². The molecular formula is C15H21NO2. The van der Waals surface area contributed by atoms with Crippen molar-refractivity contribution in [3.8, 4) is 0 Å². The zero-order valence-corrected chi connectivity index (χ0v) is 11.1. The first kappa shape index (κ1) is 12.9. The second kappa shape index (κ2) is 5.42. The van der Waals surface area contributed by atoms with E-state index in [0.717, 1.165) is 11.3 Å². The number of hydrogen-bond donors (Lipinski definition) is 1. The highest BCUT2D eigenvalue weighted by molar-refractivity contribution is 5.94. The molecule has 0 heterocycles. The summed E-state index contributed by atoms with van der Waals surface area (Å²) in [6.07, 6.45) is 6.16. The molecule has 1 aliphatic rings. The molecule has 1 N–H and O–H groups in total. The van der Waals surface area contributed by atoms with Crippen molar-refractivity contribution in [2.24, 2.45) is 0 Å². The van der Waals surface area contributed by atoms with Crippen LogP contribution in [0.15, 0.2) is 18.2 Å². The van der Waals surface area contributed by atoms with Crippen LogP contribution in [0.2, 0.25) is 0 Å². The van der Waals surface area contributed by atoms with Crippen LogP contribution in [0.25, 0.3) is 0 Å². The van der Waals surface area contributed by atoms with Crippen LogP contribution < -0.4 is 4.90 Å². The Kier molecular flexibility index (Phi) is 3.90. The van der Waals surface area contributed by atoms with Gasteiger partial charge in [0, 0.05) is 13.1 Å². The topological polar surface area (TPSA) is 40.5 Å². The molecule has 1 aromatic rings. The number of aromatic carboxylic acids is 1. The third-order valence-electron chi connectivity index (χ3n) is 3.89. The zero-order valence-electron chi connectivity index (χ0n) is 11.1. The maximum Gasteiger partial charge on any atom is 0.337 e. The lowest BCUT2D eigenvalue weighted by Gasteiger charge is -2.33. The Morgan fingerprint density at radius 1 is 1.28 bits per heavy atom. The Balaban J connectivity index is 2.30. The molecule has 0 aliphatic heterocycles. The number of carboxylic acid groups (broad SMARTS) is 1. The molecule has 0 unspecified atom stereocenters. The molecule has 0 amide bonds. The van der Waals surface area contributed by atoms with E-state index in [1.54, 1.807) is 6.07 Å². The maximum atomic E-state index is 11.3. The van der Waals surface area contributed by atoms with Crippen LogP contribution in [0.1, 0.15) is 48.0 Å². The summed E-state index contributed by atoms with van der Waals surface area (Å²) in [4.78, 5) is 13.5. The summed E-state index contributed by atoms with van der Waals surface area (Å²) in [5.74, 6) is -0.840. The molecule has 0 aromatic heterocycles. The number of anilines is 1. The van der Waals surface area contributed by atoms with Crippen molar-refractivity contribution in [2.75, 3.05) is 11.9 Å². The first-order valence-electron chi connectivity index (χ1n) is 6.66. The number of benzene rings is 1. The molecule has 3 heteroatoms. The highest BCUT2D eigenvalue weighted by Gasteiger charge is 2.22. The van der Waals surface area contributed by atoms with E-state index in [4.69, 9.17) is 0 Å². The lowest BCUT2D eigenvalue weighted by molar-refractivity contribution is 0.0697. The van der Waals surface area contributed by atoms with Gasteiger partial charge in [0.1, 0.15) is 0 Å². The Morgan fingerprint density at radius 3 is 2.56 bits per heavy atom. The largest absolute Gasteiger partial charge is 0.478 e. The van der Waals surface area contributed by atoms with Gasteiger partial charge in [-0.2, -0.15) is 0 Å². The highest BCUT2D eigenvalue weighted by atomic mass is 16.4. The standard InChI is InChI=1S/C15H21NO2/c1-11-8-9-13(15(17)18)14(10-11)16(2)12-6-4-3-5-7-12/h8-10,12H,3-7H2,1-2H3,(H,17,18). The van der Waals surface area contributed by atoms with Gasteiger partial charge in [0.05, 0.1) is 11.3 Å². The zero-order chi connectivity index (χ0) is 13.1. The number of rotatable bonds is 3. The average molecular weight is 247 g/mol. The summed E-state index contributed by atoms with van der Waals surface area (Å²) in [6.45, 7) is 2.00. The SMILES string of the molecule is Cc1ccc(C(=O)O)c(N(C)C2CCCCC2)c1. The van der Waals surface area contributed by atoms with Gasteiger partial charge in [-0.3, -0.25) is 0 Å². The number of carboxylic acids is 1. The molecule has 1 aromatic carbocycles. The van der Waals surface area contributed by atoms with E-state index < -0.39 is 5.97 Å². The van der Waals surface area contributed by atoms with Crippen molar-refractivity contribution in [3.05, 3.63) is 29.3 Å². The van der Waals surface area contributed by atoms with Gasteiger partial charge in [-0.15, -0.1) is 0 Å². The summed E-state index contributed by atoms with van der Waals surface area (Å²) in [5, 5.41) is 9.28. The Morgan fingerprint density at radius 2 is 1.94 bits per heavy atom. The summed E-state index contributed by atoms with van der Waals surface area (Å²) in [5.41, 5.74) is 2.38. The fourth-order valence-corrected chi connectivity index (χ4v) is 2.78. The van der Waals surface area contributed by atoms with E-state index in [2.05, 4.69) is 4.90 Å². The number of hydrogen-bond acceptors (Lipinski definition) is 2. The second-order valence-electron chi connectivity index (χ2n) is 5.23. The van der Waals surface area contributed by atoms with E-state index in [0.29, 0.717) is 11.6 Å². The summed E-state index contributed by atoms with van der Waals surface area (Å²) in [6, 6.07) is 6.05. The average Bonchev–Trinajstić information content (AvgIpc) is 2.38. The van der Waals surface area contributed by atoms with Crippen molar-refractivity contribution in [1.82, 2.24) is 0 Å². The summed E-state index contributed by atoms with van der Waals surface area (Å²) >= 11 is 0. The minimum atomic E-state index is -0.840. The van der Waals surface area contributed by atoms with Crippen LogP contribution in [0.4, 0.5) is 5.69 Å². The molecule has 0 spiro atoms.